The monoisotopic (exact) mass is 186 g/mol. The van der Waals surface area contributed by atoms with Crippen LogP contribution in [0.5, 0.6) is 0 Å². The van der Waals surface area contributed by atoms with Gasteiger partial charge in [-0.05, 0) is 6.92 Å². The molecule has 2 amide bonds. The Hall–Kier alpha value is -1.59. The lowest BCUT2D eigenvalue weighted by Gasteiger charge is -2.14. The molecule has 1 saturated heterocycles. The molecule has 0 saturated carbocycles. The zero-order valence-corrected chi connectivity index (χ0v) is 7.19. The molecule has 0 radical (unpaired) electrons. The lowest BCUT2D eigenvalue weighted by molar-refractivity contribution is -0.155. The summed E-state index contributed by atoms with van der Waals surface area (Å²) in [6, 6.07) is 0. The predicted molar refractivity (Wildman–Crippen MR) is 41.6 cm³/mol. The molecule has 0 unspecified atom stereocenters. The molecule has 6 heteroatoms. The summed E-state index contributed by atoms with van der Waals surface area (Å²) in [7, 11) is 0. The third kappa shape index (κ3) is 1.77. The smallest absolute Gasteiger partial charge is 0.394 e. The third-order valence-electron chi connectivity index (χ3n) is 1.87. The van der Waals surface area contributed by atoms with Crippen molar-refractivity contribution in [3.63, 3.8) is 0 Å². The number of likely N-dealkylation sites (N-methyl/N-ethyl adjacent to an activating group) is 1. The normalized spacial score (nSPS) is 16.5. The molecule has 13 heavy (non-hydrogen) atoms. The van der Waals surface area contributed by atoms with Gasteiger partial charge in [-0.3, -0.25) is 9.59 Å². The highest BCUT2D eigenvalue weighted by molar-refractivity contribution is 6.31. The average Bonchev–Trinajstić information content (AvgIpc) is 2.45. The number of carbonyl (C=O) groups is 3. The van der Waals surface area contributed by atoms with Gasteiger partial charge in [0.25, 0.3) is 0 Å². The van der Waals surface area contributed by atoms with E-state index in [-0.39, 0.29) is 19.1 Å². The van der Waals surface area contributed by atoms with Crippen LogP contribution in [0.1, 0.15) is 6.92 Å². The first-order valence-electron chi connectivity index (χ1n) is 3.86. The molecule has 0 atom stereocenters. The van der Waals surface area contributed by atoms with E-state index < -0.39 is 11.9 Å². The van der Waals surface area contributed by atoms with Gasteiger partial charge in [-0.2, -0.15) is 0 Å². The average molecular weight is 186 g/mol. The fourth-order valence-corrected chi connectivity index (χ4v) is 1.15. The van der Waals surface area contributed by atoms with Gasteiger partial charge in [-0.15, -0.1) is 0 Å². The number of rotatable bonds is 1. The van der Waals surface area contributed by atoms with Crippen LogP contribution in [-0.4, -0.2) is 52.4 Å². The van der Waals surface area contributed by atoms with Crippen molar-refractivity contribution in [3.8, 4) is 0 Å². The second-order valence-electron chi connectivity index (χ2n) is 2.70. The zero-order chi connectivity index (χ0) is 10.0. The molecule has 6 nitrogen and oxygen atoms in total. The molecule has 1 N–H and O–H groups in total. The first-order valence-corrected chi connectivity index (χ1v) is 3.86. The highest BCUT2D eigenvalue weighted by Gasteiger charge is 2.32. The van der Waals surface area contributed by atoms with Gasteiger partial charge < -0.3 is 14.9 Å². The minimum absolute atomic E-state index is 0.0838. The first kappa shape index (κ1) is 9.50. The van der Waals surface area contributed by atoms with Crippen molar-refractivity contribution in [2.75, 3.05) is 19.8 Å². The van der Waals surface area contributed by atoms with Crippen molar-refractivity contribution in [2.45, 2.75) is 6.92 Å². The van der Waals surface area contributed by atoms with Gasteiger partial charge in [0.1, 0.15) is 6.54 Å². The van der Waals surface area contributed by atoms with Crippen LogP contribution < -0.4 is 0 Å². The number of nitrogens with zero attached hydrogens (tertiary/aromatic N) is 2. The summed E-state index contributed by atoms with van der Waals surface area (Å²) in [5, 5.41) is 8.37. The molecule has 72 valence electrons. The van der Waals surface area contributed by atoms with Gasteiger partial charge in [0.05, 0.1) is 6.67 Å². The van der Waals surface area contributed by atoms with E-state index in [0.717, 1.165) is 4.90 Å². The molecule has 0 spiro atoms. The quantitative estimate of drug-likeness (QED) is 0.517. The lowest BCUT2D eigenvalue weighted by atomic mass is 10.5. The van der Waals surface area contributed by atoms with Crippen molar-refractivity contribution in [2.24, 2.45) is 0 Å². The molecule has 0 aliphatic carbocycles. The summed E-state index contributed by atoms with van der Waals surface area (Å²) in [6.45, 7) is 2.22. The molecule has 0 aromatic rings. The van der Waals surface area contributed by atoms with Crippen molar-refractivity contribution in [3.05, 3.63) is 0 Å². The summed E-state index contributed by atoms with van der Waals surface area (Å²) < 4.78 is 0. The molecule has 1 fully saturated rings. The van der Waals surface area contributed by atoms with Crippen molar-refractivity contribution < 1.29 is 19.5 Å². The molecule has 0 aromatic heterocycles. The summed E-state index contributed by atoms with van der Waals surface area (Å²) in [5.74, 6) is -2.76. The van der Waals surface area contributed by atoms with Crippen LogP contribution in [0.3, 0.4) is 0 Å². The van der Waals surface area contributed by atoms with Gasteiger partial charge >= 0.3 is 11.9 Å². The standard InChI is InChI=1S/C7H10N2O4/c1-2-8-4-9(3-5(8)10)6(11)7(12)13/h2-4H2,1H3,(H,12,13). The lowest BCUT2D eigenvalue weighted by Crippen LogP contribution is -2.36. The Morgan fingerprint density at radius 2 is 2.15 bits per heavy atom. The number of hydrogen-bond donors (Lipinski definition) is 1. The van der Waals surface area contributed by atoms with Crippen LogP contribution in [0.4, 0.5) is 0 Å². The molecule has 1 heterocycles. The number of carbonyl (C=O) groups excluding carboxylic acids is 2. The van der Waals surface area contributed by atoms with E-state index in [4.69, 9.17) is 5.11 Å². The maximum atomic E-state index is 11.1. The van der Waals surface area contributed by atoms with E-state index >= 15 is 0 Å². The van der Waals surface area contributed by atoms with E-state index in [0.29, 0.717) is 6.54 Å². The maximum Gasteiger partial charge on any atom is 0.394 e. The number of carboxylic acid groups (broad SMARTS) is 1. The van der Waals surface area contributed by atoms with Crippen LogP contribution in [0.15, 0.2) is 0 Å². The summed E-state index contributed by atoms with van der Waals surface area (Å²) in [6.07, 6.45) is 0. The molecular weight excluding hydrogens is 176 g/mol. The van der Waals surface area contributed by atoms with E-state index in [1.807, 2.05) is 0 Å². The SMILES string of the molecule is CCN1CN(C(=O)C(=O)O)CC1=O. The molecule has 1 aliphatic rings. The molecule has 1 aliphatic heterocycles. The fourth-order valence-electron chi connectivity index (χ4n) is 1.15. The van der Waals surface area contributed by atoms with Crippen molar-refractivity contribution >= 4 is 17.8 Å². The van der Waals surface area contributed by atoms with Crippen LogP contribution >= 0.6 is 0 Å². The molecule has 0 bridgehead atoms. The zero-order valence-electron chi connectivity index (χ0n) is 7.19. The van der Waals surface area contributed by atoms with Crippen LogP contribution in [0, 0.1) is 0 Å². The van der Waals surface area contributed by atoms with Crippen molar-refractivity contribution in [1.29, 1.82) is 0 Å². The summed E-state index contributed by atoms with van der Waals surface area (Å²) in [5.41, 5.74) is 0. The number of aliphatic carboxylic acids is 1. The maximum absolute atomic E-state index is 11.1. The highest BCUT2D eigenvalue weighted by atomic mass is 16.4. The van der Waals surface area contributed by atoms with E-state index in [1.54, 1.807) is 6.92 Å². The third-order valence-corrected chi connectivity index (χ3v) is 1.87. The van der Waals surface area contributed by atoms with E-state index in [1.165, 1.54) is 4.90 Å². The predicted octanol–water partition coefficient (Wildman–Crippen LogP) is -1.28. The summed E-state index contributed by atoms with van der Waals surface area (Å²) >= 11 is 0. The Morgan fingerprint density at radius 1 is 1.54 bits per heavy atom. The minimum Gasteiger partial charge on any atom is -0.474 e. The van der Waals surface area contributed by atoms with Crippen molar-refractivity contribution in [1.82, 2.24) is 9.80 Å². The first-order chi connectivity index (χ1) is 6.06. The van der Waals surface area contributed by atoms with Gasteiger partial charge in [0.15, 0.2) is 0 Å². The highest BCUT2D eigenvalue weighted by Crippen LogP contribution is 2.05. The number of hydrogen-bond acceptors (Lipinski definition) is 3. The fraction of sp³-hybridized carbons (Fsp3) is 0.571. The van der Waals surface area contributed by atoms with Gasteiger partial charge in [0.2, 0.25) is 5.91 Å². The summed E-state index contributed by atoms with van der Waals surface area (Å²) in [4.78, 5) is 34.7. The molecule has 0 aromatic carbocycles. The topological polar surface area (TPSA) is 77.9 Å². The van der Waals surface area contributed by atoms with Crippen LogP contribution in [-0.2, 0) is 14.4 Å². The number of carboxylic acids is 1. The Balaban J connectivity index is 2.63. The molecule has 1 rings (SSSR count). The Morgan fingerprint density at radius 3 is 2.54 bits per heavy atom. The van der Waals surface area contributed by atoms with E-state index in [2.05, 4.69) is 0 Å². The van der Waals surface area contributed by atoms with E-state index in [9.17, 15) is 14.4 Å². The second-order valence-corrected chi connectivity index (χ2v) is 2.70. The van der Waals surface area contributed by atoms with Gasteiger partial charge in [0, 0.05) is 6.54 Å². The Kier molecular flexibility index (Phi) is 2.50. The Bertz CT molecular complexity index is 263. The molecular formula is C7H10N2O4. The van der Waals surface area contributed by atoms with Crippen LogP contribution in [0.25, 0.3) is 0 Å². The van der Waals surface area contributed by atoms with Gasteiger partial charge in [-0.25, -0.2) is 4.79 Å². The van der Waals surface area contributed by atoms with Crippen LogP contribution in [0.2, 0.25) is 0 Å². The Labute approximate surface area is 74.7 Å². The number of amides is 2. The minimum atomic E-state index is -1.52. The van der Waals surface area contributed by atoms with Gasteiger partial charge in [-0.1, -0.05) is 0 Å². The largest absolute Gasteiger partial charge is 0.474 e. The second kappa shape index (κ2) is 3.42.